The third kappa shape index (κ3) is 5.58. The quantitative estimate of drug-likeness (QED) is 0.138. The molecular weight excluding hydrogens is 544 g/mol. The maximum Gasteiger partial charge on any atom is 0.210 e. The van der Waals surface area contributed by atoms with E-state index in [1.54, 1.807) is 0 Å². The highest BCUT2D eigenvalue weighted by Crippen LogP contribution is 2.51. The first-order chi connectivity index (χ1) is 21.5. The average molecular weight is 596 g/mol. The number of hydrogen-bond donors (Lipinski definition) is 0. The van der Waals surface area contributed by atoms with Gasteiger partial charge in [0.1, 0.15) is 6.54 Å². The minimum absolute atomic E-state index is 0.0836. The minimum atomic E-state index is -0.0836. The Morgan fingerprint density at radius 1 is 0.667 bits per heavy atom. The normalized spacial score (nSPS) is 18.2. The molecule has 232 valence electrons. The molecule has 0 aliphatic carbocycles. The smallest absolute Gasteiger partial charge is 0.210 e. The van der Waals surface area contributed by atoms with Gasteiger partial charge in [-0.05, 0) is 77.4 Å². The van der Waals surface area contributed by atoms with Crippen molar-refractivity contribution in [1.29, 1.82) is 0 Å². The molecule has 2 nitrogen and oxygen atoms in total. The molecule has 2 heterocycles. The molecule has 0 N–H and O–H groups in total. The van der Waals surface area contributed by atoms with Crippen LogP contribution in [0, 0.1) is 11.8 Å². The summed E-state index contributed by atoms with van der Waals surface area (Å²) < 4.78 is 2.58. The van der Waals surface area contributed by atoms with E-state index in [1.165, 1.54) is 55.5 Å². The lowest BCUT2D eigenvalue weighted by Gasteiger charge is -2.27. The standard InChI is InChI=1S/C43H51N2/c1-30(2)26-28-44-36-24-22-32-16-12-14-18-34(32)40(36)42(5,6)38(44)20-10-9-11-21-39-43(7,8)41-35-19-15-13-17-33(35)23-25-37(41)45(39)29-27-31(3)4/h9-25,30-31H,26-29H2,1-8H3/q+1. The average Bonchev–Trinajstić information content (AvgIpc) is 3.37. The van der Waals surface area contributed by atoms with Crippen LogP contribution in [-0.4, -0.2) is 23.4 Å². The van der Waals surface area contributed by atoms with Crippen molar-refractivity contribution < 1.29 is 4.58 Å². The Labute approximate surface area is 271 Å². The molecule has 0 amide bonds. The van der Waals surface area contributed by atoms with Gasteiger partial charge in [0.25, 0.3) is 0 Å². The highest BCUT2D eigenvalue weighted by atomic mass is 15.2. The van der Waals surface area contributed by atoms with Crippen molar-refractivity contribution in [3.05, 3.63) is 120 Å². The van der Waals surface area contributed by atoms with Gasteiger partial charge < -0.3 is 4.90 Å². The molecule has 0 saturated carbocycles. The summed E-state index contributed by atoms with van der Waals surface area (Å²) in [6.07, 6.45) is 13.8. The third-order valence-corrected chi connectivity index (χ3v) is 10.1. The van der Waals surface area contributed by atoms with Crippen molar-refractivity contribution in [2.75, 3.05) is 18.0 Å². The first-order valence-electron chi connectivity index (χ1n) is 17.0. The van der Waals surface area contributed by atoms with E-state index in [-0.39, 0.29) is 10.8 Å². The number of anilines is 1. The van der Waals surface area contributed by atoms with Gasteiger partial charge in [0.15, 0.2) is 5.71 Å². The SMILES string of the molecule is CC(C)CCN1\C(=C/C=C/C=C/C2=[N+](CCC(C)C)c3ccc4ccccc4c3C2(C)C)C(C)(C)c2c1ccc1ccccc21. The Hall–Kier alpha value is -3.91. The minimum Gasteiger partial charge on any atom is -0.344 e. The molecule has 2 heteroatoms. The molecule has 0 unspecified atom stereocenters. The zero-order chi connectivity index (χ0) is 31.9. The van der Waals surface area contributed by atoms with Gasteiger partial charge in [0.2, 0.25) is 5.69 Å². The van der Waals surface area contributed by atoms with Gasteiger partial charge in [-0.1, -0.05) is 114 Å². The first-order valence-corrected chi connectivity index (χ1v) is 17.0. The van der Waals surface area contributed by atoms with Crippen molar-refractivity contribution in [3.63, 3.8) is 0 Å². The molecule has 0 bridgehead atoms. The van der Waals surface area contributed by atoms with E-state index >= 15 is 0 Å². The van der Waals surface area contributed by atoms with Crippen LogP contribution >= 0.6 is 0 Å². The van der Waals surface area contributed by atoms with Crippen molar-refractivity contribution >= 4 is 38.6 Å². The molecule has 0 fully saturated rings. The van der Waals surface area contributed by atoms with E-state index in [0.29, 0.717) is 11.8 Å². The van der Waals surface area contributed by atoms with Gasteiger partial charge in [0.05, 0.1) is 5.41 Å². The molecule has 45 heavy (non-hydrogen) atoms. The fourth-order valence-corrected chi connectivity index (χ4v) is 7.68. The fraction of sp³-hybridized carbons (Fsp3) is 0.372. The van der Waals surface area contributed by atoms with Gasteiger partial charge in [-0.3, -0.25) is 0 Å². The van der Waals surface area contributed by atoms with Crippen LogP contribution < -0.4 is 4.90 Å². The Bertz CT molecular complexity index is 1860. The lowest BCUT2D eigenvalue weighted by atomic mass is 9.79. The lowest BCUT2D eigenvalue weighted by molar-refractivity contribution is -0.439. The van der Waals surface area contributed by atoms with Gasteiger partial charge in [-0.25, -0.2) is 0 Å². The van der Waals surface area contributed by atoms with Crippen LogP contribution in [0.1, 0.15) is 79.4 Å². The molecule has 0 atom stereocenters. The van der Waals surface area contributed by atoms with Crippen molar-refractivity contribution in [3.8, 4) is 0 Å². The van der Waals surface area contributed by atoms with Gasteiger partial charge in [-0.2, -0.15) is 4.58 Å². The van der Waals surface area contributed by atoms with E-state index in [4.69, 9.17) is 0 Å². The van der Waals surface area contributed by atoms with E-state index in [2.05, 4.69) is 168 Å². The molecule has 4 aromatic carbocycles. The summed E-state index contributed by atoms with van der Waals surface area (Å²) in [6, 6.07) is 27.0. The van der Waals surface area contributed by atoms with E-state index < -0.39 is 0 Å². The van der Waals surface area contributed by atoms with Gasteiger partial charge in [-0.15, -0.1) is 0 Å². The van der Waals surface area contributed by atoms with Crippen molar-refractivity contribution in [1.82, 2.24) is 0 Å². The van der Waals surface area contributed by atoms with Crippen LogP contribution in [0.2, 0.25) is 0 Å². The predicted molar refractivity (Wildman–Crippen MR) is 196 cm³/mol. The molecule has 0 spiro atoms. The third-order valence-electron chi connectivity index (χ3n) is 10.1. The molecule has 0 saturated heterocycles. The molecule has 4 aromatic rings. The van der Waals surface area contributed by atoms with Crippen LogP contribution in [0.3, 0.4) is 0 Å². The van der Waals surface area contributed by atoms with Gasteiger partial charge >= 0.3 is 0 Å². The molecule has 0 aromatic heterocycles. The molecular formula is C43H51N2+. The van der Waals surface area contributed by atoms with Crippen molar-refractivity contribution in [2.45, 2.75) is 79.1 Å². The van der Waals surface area contributed by atoms with E-state index in [1.807, 2.05) is 0 Å². The summed E-state index contributed by atoms with van der Waals surface area (Å²) in [5.74, 6) is 1.31. The van der Waals surface area contributed by atoms with Crippen LogP contribution in [-0.2, 0) is 10.8 Å². The summed E-state index contributed by atoms with van der Waals surface area (Å²) in [5, 5.41) is 5.38. The number of fused-ring (bicyclic) bond motifs is 6. The van der Waals surface area contributed by atoms with E-state index in [9.17, 15) is 0 Å². The second-order valence-electron chi connectivity index (χ2n) is 15.0. The summed E-state index contributed by atoms with van der Waals surface area (Å²) in [7, 11) is 0. The number of hydrogen-bond acceptors (Lipinski definition) is 1. The molecule has 0 radical (unpaired) electrons. The molecule has 2 aliphatic heterocycles. The Morgan fingerprint density at radius 3 is 1.96 bits per heavy atom. The number of nitrogens with zero attached hydrogens (tertiary/aromatic N) is 2. The van der Waals surface area contributed by atoms with Crippen LogP contribution in [0.25, 0.3) is 21.5 Å². The number of benzene rings is 4. The first kappa shape index (κ1) is 31.1. The van der Waals surface area contributed by atoms with Crippen LogP contribution in [0.15, 0.2) is 109 Å². The summed E-state index contributed by atoms with van der Waals surface area (Å²) in [6.45, 7) is 20.9. The van der Waals surface area contributed by atoms with Crippen molar-refractivity contribution in [2.24, 2.45) is 11.8 Å². The summed E-state index contributed by atoms with van der Waals surface area (Å²) in [4.78, 5) is 2.58. The summed E-state index contributed by atoms with van der Waals surface area (Å²) in [5.41, 5.74) is 8.23. The second-order valence-corrected chi connectivity index (χ2v) is 15.0. The van der Waals surface area contributed by atoms with Gasteiger partial charge in [0, 0.05) is 47.5 Å². The Morgan fingerprint density at radius 2 is 1.29 bits per heavy atom. The largest absolute Gasteiger partial charge is 0.344 e. The molecule has 6 rings (SSSR count). The fourth-order valence-electron chi connectivity index (χ4n) is 7.68. The van der Waals surface area contributed by atoms with E-state index in [0.717, 1.165) is 25.9 Å². The maximum atomic E-state index is 2.58. The maximum absolute atomic E-state index is 2.58. The lowest BCUT2D eigenvalue weighted by Crippen LogP contribution is -2.28. The number of allylic oxidation sites excluding steroid dienone is 6. The monoisotopic (exact) mass is 595 g/mol. The summed E-state index contributed by atoms with van der Waals surface area (Å²) >= 11 is 0. The predicted octanol–water partition coefficient (Wildman–Crippen LogP) is 11.3. The second kappa shape index (κ2) is 12.1. The van der Waals surface area contributed by atoms with Crippen LogP contribution in [0.5, 0.6) is 0 Å². The van der Waals surface area contributed by atoms with Crippen LogP contribution in [0.4, 0.5) is 11.4 Å². The topological polar surface area (TPSA) is 6.25 Å². The highest BCUT2D eigenvalue weighted by molar-refractivity contribution is 6.07. The Kier molecular flexibility index (Phi) is 8.37. The highest BCUT2D eigenvalue weighted by Gasteiger charge is 2.45. The zero-order valence-electron chi connectivity index (χ0n) is 28.7. The zero-order valence-corrected chi connectivity index (χ0v) is 28.7. The number of rotatable bonds is 9. The Balaban J connectivity index is 1.36. The molecule has 2 aliphatic rings.